The van der Waals surface area contributed by atoms with Crippen LogP contribution in [0.1, 0.15) is 21.5 Å². The lowest BCUT2D eigenvalue weighted by Crippen LogP contribution is -2.37. The molecule has 1 saturated heterocycles. The number of methoxy groups -OCH3 is 2. The van der Waals surface area contributed by atoms with E-state index in [-0.39, 0.29) is 11.8 Å². The Morgan fingerprint density at radius 3 is 2.43 bits per heavy atom. The fraction of sp³-hybridized carbons (Fsp3) is 0.296. The molecule has 7 nitrogen and oxygen atoms in total. The molecule has 184 valence electrons. The molecule has 0 aromatic heterocycles. The highest BCUT2D eigenvalue weighted by molar-refractivity contribution is 5.97. The molecule has 0 aliphatic carbocycles. The second-order valence-electron chi connectivity index (χ2n) is 8.08. The summed E-state index contributed by atoms with van der Waals surface area (Å²) in [6.07, 6.45) is 0. The summed E-state index contributed by atoms with van der Waals surface area (Å²) in [5.41, 5.74) is 4.00. The van der Waals surface area contributed by atoms with Gasteiger partial charge < -0.3 is 29.2 Å². The highest BCUT2D eigenvalue weighted by Gasteiger charge is 2.20. The fourth-order valence-corrected chi connectivity index (χ4v) is 3.89. The molecular formula is C27H29FN2O5. The number of nitrogens with zero attached hydrogens (tertiary/aromatic N) is 1. The minimum Gasteiger partial charge on any atom is -0.493 e. The van der Waals surface area contributed by atoms with Gasteiger partial charge in [0.1, 0.15) is 12.4 Å². The van der Waals surface area contributed by atoms with Gasteiger partial charge in [0, 0.05) is 25.3 Å². The molecule has 8 heteroatoms. The Hall–Kier alpha value is -3.78. The van der Waals surface area contributed by atoms with Crippen LogP contribution in [0.4, 0.5) is 15.8 Å². The Kier molecular flexibility index (Phi) is 8.05. The van der Waals surface area contributed by atoms with E-state index < -0.39 is 0 Å². The first-order valence-corrected chi connectivity index (χ1v) is 11.4. The first-order valence-electron chi connectivity index (χ1n) is 11.4. The summed E-state index contributed by atoms with van der Waals surface area (Å²) in [5.74, 6) is 0.546. The lowest BCUT2D eigenvalue weighted by Gasteiger charge is -2.30. The second kappa shape index (κ2) is 11.6. The number of nitrogens with one attached hydrogen (secondary N) is 1. The lowest BCUT2D eigenvalue weighted by atomic mass is 10.1. The maximum absolute atomic E-state index is 13.1. The van der Waals surface area contributed by atoms with Gasteiger partial charge in [0.2, 0.25) is 0 Å². The Morgan fingerprint density at radius 2 is 1.71 bits per heavy atom. The third-order valence-corrected chi connectivity index (χ3v) is 5.79. The number of benzene rings is 3. The van der Waals surface area contributed by atoms with Gasteiger partial charge in [0.15, 0.2) is 11.5 Å². The molecule has 35 heavy (non-hydrogen) atoms. The van der Waals surface area contributed by atoms with Crippen molar-refractivity contribution in [3.8, 4) is 11.5 Å². The maximum Gasteiger partial charge on any atom is 0.340 e. The maximum atomic E-state index is 13.1. The van der Waals surface area contributed by atoms with E-state index in [2.05, 4.69) is 10.2 Å². The molecule has 3 aromatic carbocycles. The van der Waals surface area contributed by atoms with E-state index in [1.165, 1.54) is 19.2 Å². The number of hydrogen-bond acceptors (Lipinski definition) is 7. The Labute approximate surface area is 204 Å². The first kappa shape index (κ1) is 24.3. The lowest BCUT2D eigenvalue weighted by molar-refractivity contribution is 0.0600. The van der Waals surface area contributed by atoms with Crippen LogP contribution in [0.2, 0.25) is 0 Å². The van der Waals surface area contributed by atoms with Gasteiger partial charge >= 0.3 is 5.97 Å². The largest absolute Gasteiger partial charge is 0.493 e. The number of anilines is 2. The number of ether oxygens (including phenoxy) is 4. The van der Waals surface area contributed by atoms with Crippen molar-refractivity contribution in [3.63, 3.8) is 0 Å². The number of rotatable bonds is 9. The van der Waals surface area contributed by atoms with Gasteiger partial charge in [-0.3, -0.25) is 0 Å². The molecule has 1 N–H and O–H groups in total. The van der Waals surface area contributed by atoms with Gasteiger partial charge in [-0.15, -0.1) is 0 Å². The van der Waals surface area contributed by atoms with Gasteiger partial charge in [-0.05, 0) is 53.6 Å². The van der Waals surface area contributed by atoms with Crippen LogP contribution >= 0.6 is 0 Å². The van der Waals surface area contributed by atoms with Crippen LogP contribution in [0.25, 0.3) is 0 Å². The van der Waals surface area contributed by atoms with Gasteiger partial charge in [-0.2, -0.15) is 0 Å². The highest BCUT2D eigenvalue weighted by atomic mass is 19.1. The van der Waals surface area contributed by atoms with E-state index in [0.29, 0.717) is 43.4 Å². The van der Waals surface area contributed by atoms with Crippen molar-refractivity contribution in [2.24, 2.45) is 0 Å². The fourth-order valence-electron chi connectivity index (χ4n) is 3.89. The summed E-state index contributed by atoms with van der Waals surface area (Å²) in [6.45, 7) is 3.54. The minimum absolute atomic E-state index is 0.280. The van der Waals surface area contributed by atoms with E-state index in [0.717, 1.165) is 35.6 Å². The van der Waals surface area contributed by atoms with Crippen molar-refractivity contribution < 1.29 is 28.1 Å². The molecule has 0 radical (unpaired) electrons. The molecular weight excluding hydrogens is 451 g/mol. The molecule has 1 heterocycles. The topological polar surface area (TPSA) is 69.3 Å². The zero-order valence-electron chi connectivity index (χ0n) is 19.9. The molecule has 1 aliphatic heterocycles. The molecule has 0 unspecified atom stereocenters. The average molecular weight is 481 g/mol. The SMILES string of the molecule is COC(=O)c1cc(NCc2ccc(OCc3ccc(F)cc3)c(OC)c2)ccc1N1CCOCC1. The molecule has 3 aromatic rings. The third kappa shape index (κ3) is 6.22. The molecule has 0 atom stereocenters. The van der Waals surface area contributed by atoms with E-state index in [4.69, 9.17) is 18.9 Å². The molecule has 4 rings (SSSR count). The predicted molar refractivity (Wildman–Crippen MR) is 132 cm³/mol. The Balaban J connectivity index is 1.43. The van der Waals surface area contributed by atoms with Gasteiger partial charge in [0.25, 0.3) is 0 Å². The quantitative estimate of drug-likeness (QED) is 0.447. The van der Waals surface area contributed by atoms with Gasteiger partial charge in [0.05, 0.1) is 38.7 Å². The van der Waals surface area contributed by atoms with Crippen LogP contribution in [-0.4, -0.2) is 46.5 Å². The van der Waals surface area contributed by atoms with E-state index in [9.17, 15) is 9.18 Å². The van der Waals surface area contributed by atoms with Gasteiger partial charge in [-0.1, -0.05) is 18.2 Å². The summed E-state index contributed by atoms with van der Waals surface area (Å²) >= 11 is 0. The number of carbonyl (C=O) groups is 1. The van der Waals surface area contributed by atoms with Crippen molar-refractivity contribution in [2.45, 2.75) is 13.2 Å². The molecule has 0 saturated carbocycles. The van der Waals surface area contributed by atoms with Crippen LogP contribution in [0.5, 0.6) is 11.5 Å². The summed E-state index contributed by atoms with van der Waals surface area (Å²) < 4.78 is 34.9. The zero-order chi connectivity index (χ0) is 24.6. The molecule has 0 spiro atoms. The first-order chi connectivity index (χ1) is 17.1. The van der Waals surface area contributed by atoms with E-state index in [1.54, 1.807) is 19.2 Å². The van der Waals surface area contributed by atoms with Crippen molar-refractivity contribution in [1.29, 1.82) is 0 Å². The van der Waals surface area contributed by atoms with Crippen molar-refractivity contribution in [3.05, 3.63) is 83.2 Å². The number of hydrogen-bond donors (Lipinski definition) is 1. The zero-order valence-corrected chi connectivity index (χ0v) is 19.9. The van der Waals surface area contributed by atoms with Crippen molar-refractivity contribution >= 4 is 17.3 Å². The number of halogens is 1. The second-order valence-corrected chi connectivity index (χ2v) is 8.08. The van der Waals surface area contributed by atoms with Crippen LogP contribution in [0.15, 0.2) is 60.7 Å². The van der Waals surface area contributed by atoms with Crippen molar-refractivity contribution in [2.75, 3.05) is 50.7 Å². The van der Waals surface area contributed by atoms with E-state index >= 15 is 0 Å². The average Bonchev–Trinajstić information content (AvgIpc) is 2.91. The third-order valence-electron chi connectivity index (χ3n) is 5.79. The van der Waals surface area contributed by atoms with E-state index in [1.807, 2.05) is 36.4 Å². The monoisotopic (exact) mass is 480 g/mol. The summed E-state index contributed by atoms with van der Waals surface area (Å²) in [7, 11) is 2.97. The summed E-state index contributed by atoms with van der Waals surface area (Å²) in [5, 5.41) is 3.36. The predicted octanol–water partition coefficient (Wildman–Crippen LogP) is 4.65. The summed E-state index contributed by atoms with van der Waals surface area (Å²) in [4.78, 5) is 14.6. The Bertz CT molecular complexity index is 1150. The standard InChI is InChI=1S/C27H29FN2O5/c1-32-26-15-20(5-10-25(26)35-18-19-3-6-21(28)7-4-19)17-29-22-8-9-24(23(16-22)27(31)33-2)30-11-13-34-14-12-30/h3-10,15-16,29H,11-14,17-18H2,1-2H3. The van der Waals surface area contributed by atoms with Crippen LogP contribution in [0.3, 0.4) is 0 Å². The molecule has 0 bridgehead atoms. The van der Waals surface area contributed by atoms with Crippen LogP contribution in [-0.2, 0) is 22.6 Å². The van der Waals surface area contributed by atoms with Crippen molar-refractivity contribution in [1.82, 2.24) is 0 Å². The Morgan fingerprint density at radius 1 is 0.971 bits per heavy atom. The number of morpholine rings is 1. The molecule has 1 fully saturated rings. The molecule has 1 aliphatic rings. The number of esters is 1. The van der Waals surface area contributed by atoms with Gasteiger partial charge in [-0.25, -0.2) is 9.18 Å². The smallest absolute Gasteiger partial charge is 0.340 e. The van der Waals surface area contributed by atoms with Crippen LogP contribution < -0.4 is 19.7 Å². The van der Waals surface area contributed by atoms with Crippen LogP contribution in [0, 0.1) is 5.82 Å². The number of carbonyl (C=O) groups excluding carboxylic acids is 1. The molecule has 0 amide bonds. The minimum atomic E-state index is -0.375. The summed E-state index contributed by atoms with van der Waals surface area (Å²) in [6, 6.07) is 17.6. The normalized spacial score (nSPS) is 13.3. The highest BCUT2D eigenvalue weighted by Crippen LogP contribution is 2.30.